The molecule has 0 amide bonds. The van der Waals surface area contributed by atoms with Gasteiger partial charge in [0.1, 0.15) is 5.69 Å². The second kappa shape index (κ2) is 6.96. The first-order valence-electron chi connectivity index (χ1n) is 7.41. The van der Waals surface area contributed by atoms with Gasteiger partial charge in [-0.25, -0.2) is 4.79 Å². The highest BCUT2D eigenvalue weighted by molar-refractivity contribution is 6.30. The molecule has 23 heavy (non-hydrogen) atoms. The van der Waals surface area contributed by atoms with Gasteiger partial charge in [-0.3, -0.25) is 9.78 Å². The molecule has 122 valence electrons. The summed E-state index contributed by atoms with van der Waals surface area (Å²) in [5.74, 6) is -0.704. The summed E-state index contributed by atoms with van der Waals surface area (Å²) in [6, 6.07) is 6.29. The third-order valence-electron chi connectivity index (χ3n) is 3.37. The Morgan fingerprint density at radius 1 is 1.13 bits per heavy atom. The maximum atomic E-state index is 12.6. The molecule has 0 radical (unpaired) electrons. The van der Waals surface area contributed by atoms with Crippen LogP contribution in [0.3, 0.4) is 0 Å². The summed E-state index contributed by atoms with van der Waals surface area (Å²) in [6.45, 7) is 7.53. The SMILES string of the molecule is CC(C)c1ncc(C(C)C)n(OC(=O)c2ccc(Cl)cc2)c1=O. The quantitative estimate of drug-likeness (QED) is 0.859. The molecule has 6 heteroatoms. The van der Waals surface area contributed by atoms with Crippen LogP contribution in [0.25, 0.3) is 0 Å². The van der Waals surface area contributed by atoms with E-state index in [2.05, 4.69) is 4.98 Å². The maximum Gasteiger partial charge on any atom is 0.363 e. The van der Waals surface area contributed by atoms with E-state index in [-0.39, 0.29) is 11.8 Å². The molecule has 0 aliphatic carbocycles. The lowest BCUT2D eigenvalue weighted by molar-refractivity contribution is 0.0419. The Morgan fingerprint density at radius 3 is 2.26 bits per heavy atom. The lowest BCUT2D eigenvalue weighted by Crippen LogP contribution is -2.36. The molecule has 2 aromatic rings. The van der Waals surface area contributed by atoms with Crippen LogP contribution in [0.5, 0.6) is 0 Å². The number of nitrogens with zero attached hydrogens (tertiary/aromatic N) is 2. The molecule has 0 N–H and O–H groups in total. The van der Waals surface area contributed by atoms with Gasteiger partial charge in [-0.1, -0.05) is 39.3 Å². The van der Waals surface area contributed by atoms with Crippen molar-refractivity contribution in [2.24, 2.45) is 0 Å². The number of aromatic nitrogens is 2. The van der Waals surface area contributed by atoms with Gasteiger partial charge in [0, 0.05) is 10.9 Å². The highest BCUT2D eigenvalue weighted by Gasteiger charge is 2.19. The standard InChI is InChI=1S/C17H19ClN2O3/c1-10(2)14-9-19-15(11(3)4)16(21)20(14)23-17(22)12-5-7-13(18)8-6-12/h5-11H,1-4H3. The zero-order chi connectivity index (χ0) is 17.1. The Hall–Kier alpha value is -2.14. The number of rotatable bonds is 4. The average molecular weight is 335 g/mol. The molecule has 5 nitrogen and oxygen atoms in total. The topological polar surface area (TPSA) is 61.2 Å². The molecule has 1 aromatic heterocycles. The second-order valence-corrected chi connectivity index (χ2v) is 6.30. The van der Waals surface area contributed by atoms with Crippen LogP contribution < -0.4 is 10.4 Å². The molecule has 1 heterocycles. The van der Waals surface area contributed by atoms with E-state index in [1.807, 2.05) is 27.7 Å². The van der Waals surface area contributed by atoms with Crippen molar-refractivity contribution in [3.05, 3.63) is 62.8 Å². The van der Waals surface area contributed by atoms with Crippen molar-refractivity contribution in [3.8, 4) is 0 Å². The molecule has 0 saturated heterocycles. The first-order valence-corrected chi connectivity index (χ1v) is 7.79. The molecule has 0 aliphatic heterocycles. The Kier molecular flexibility index (Phi) is 5.21. The predicted molar refractivity (Wildman–Crippen MR) is 89.0 cm³/mol. The summed E-state index contributed by atoms with van der Waals surface area (Å²) in [4.78, 5) is 34.4. The van der Waals surface area contributed by atoms with Crippen LogP contribution in [0.4, 0.5) is 0 Å². The number of carbonyl (C=O) groups excluding carboxylic acids is 1. The summed E-state index contributed by atoms with van der Waals surface area (Å²) >= 11 is 5.81. The molecule has 1 aromatic carbocycles. The second-order valence-electron chi connectivity index (χ2n) is 5.86. The average Bonchev–Trinajstić information content (AvgIpc) is 2.49. The summed E-state index contributed by atoms with van der Waals surface area (Å²) in [6.07, 6.45) is 1.58. The van der Waals surface area contributed by atoms with E-state index < -0.39 is 11.5 Å². The van der Waals surface area contributed by atoms with E-state index in [1.165, 1.54) is 0 Å². The summed E-state index contributed by atoms with van der Waals surface area (Å²) in [7, 11) is 0. The van der Waals surface area contributed by atoms with E-state index in [1.54, 1.807) is 30.5 Å². The fraction of sp³-hybridized carbons (Fsp3) is 0.353. The van der Waals surface area contributed by atoms with Crippen LogP contribution in [-0.4, -0.2) is 15.7 Å². The van der Waals surface area contributed by atoms with E-state index in [9.17, 15) is 9.59 Å². The molecule has 0 aliphatic rings. The first kappa shape index (κ1) is 17.2. The normalized spacial score (nSPS) is 11.1. The zero-order valence-electron chi connectivity index (χ0n) is 13.5. The molecule has 0 atom stereocenters. The van der Waals surface area contributed by atoms with Gasteiger partial charge < -0.3 is 4.84 Å². The minimum atomic E-state index is -0.619. The van der Waals surface area contributed by atoms with Crippen LogP contribution >= 0.6 is 11.6 Å². The lowest BCUT2D eigenvalue weighted by atomic mass is 10.1. The van der Waals surface area contributed by atoms with E-state index >= 15 is 0 Å². The van der Waals surface area contributed by atoms with Gasteiger partial charge in [0.2, 0.25) is 0 Å². The van der Waals surface area contributed by atoms with Crippen LogP contribution in [0.15, 0.2) is 35.3 Å². The third-order valence-corrected chi connectivity index (χ3v) is 3.62. The van der Waals surface area contributed by atoms with Crippen LogP contribution in [0.2, 0.25) is 5.02 Å². The monoisotopic (exact) mass is 334 g/mol. The molecular weight excluding hydrogens is 316 g/mol. The zero-order valence-corrected chi connectivity index (χ0v) is 14.3. The van der Waals surface area contributed by atoms with E-state index in [0.717, 1.165) is 4.73 Å². The van der Waals surface area contributed by atoms with Crippen molar-refractivity contribution in [1.82, 2.24) is 9.71 Å². The van der Waals surface area contributed by atoms with Crippen molar-refractivity contribution < 1.29 is 9.63 Å². The summed E-state index contributed by atoms with van der Waals surface area (Å²) in [5.41, 5.74) is 0.812. The fourth-order valence-electron chi connectivity index (χ4n) is 2.06. The van der Waals surface area contributed by atoms with Crippen LogP contribution in [0.1, 0.15) is 61.3 Å². The van der Waals surface area contributed by atoms with E-state index in [4.69, 9.17) is 16.4 Å². The Labute approximate surface area is 139 Å². The van der Waals surface area contributed by atoms with E-state index in [0.29, 0.717) is 22.0 Å². The molecule has 0 fully saturated rings. The Morgan fingerprint density at radius 2 is 1.74 bits per heavy atom. The van der Waals surface area contributed by atoms with Crippen molar-refractivity contribution in [3.63, 3.8) is 0 Å². The van der Waals surface area contributed by atoms with Gasteiger partial charge in [-0.2, -0.15) is 0 Å². The minimum absolute atomic E-state index is 0.0190. The maximum absolute atomic E-state index is 12.6. The number of carbonyl (C=O) groups is 1. The number of hydrogen-bond acceptors (Lipinski definition) is 4. The number of halogens is 1. The van der Waals surface area contributed by atoms with Crippen LogP contribution in [-0.2, 0) is 0 Å². The smallest absolute Gasteiger partial charge is 0.328 e. The Bertz CT molecular complexity index is 764. The van der Waals surface area contributed by atoms with Crippen LogP contribution in [0, 0.1) is 0 Å². The molecule has 0 saturated carbocycles. The third kappa shape index (κ3) is 3.79. The fourth-order valence-corrected chi connectivity index (χ4v) is 2.19. The molecule has 2 rings (SSSR count). The minimum Gasteiger partial charge on any atom is -0.328 e. The lowest BCUT2D eigenvalue weighted by Gasteiger charge is -2.16. The summed E-state index contributed by atoms with van der Waals surface area (Å²) in [5, 5.41) is 0.521. The summed E-state index contributed by atoms with van der Waals surface area (Å²) < 4.78 is 1.05. The number of benzene rings is 1. The highest BCUT2D eigenvalue weighted by atomic mass is 35.5. The van der Waals surface area contributed by atoms with Gasteiger partial charge in [0.25, 0.3) is 0 Å². The Balaban J connectivity index is 2.44. The number of hydrogen-bond donors (Lipinski definition) is 0. The van der Waals surface area contributed by atoms with Gasteiger partial charge in [0.15, 0.2) is 0 Å². The first-order chi connectivity index (χ1) is 10.8. The predicted octanol–water partition coefficient (Wildman–Crippen LogP) is 3.41. The van der Waals surface area contributed by atoms with Crippen molar-refractivity contribution in [2.75, 3.05) is 0 Å². The van der Waals surface area contributed by atoms with Crippen molar-refractivity contribution in [1.29, 1.82) is 0 Å². The van der Waals surface area contributed by atoms with Crippen molar-refractivity contribution >= 4 is 17.6 Å². The van der Waals surface area contributed by atoms with Crippen molar-refractivity contribution in [2.45, 2.75) is 39.5 Å². The highest BCUT2D eigenvalue weighted by Crippen LogP contribution is 2.14. The largest absolute Gasteiger partial charge is 0.363 e. The van der Waals surface area contributed by atoms with Gasteiger partial charge >= 0.3 is 11.5 Å². The molecule has 0 unspecified atom stereocenters. The molecular formula is C17H19ClN2O3. The molecule has 0 spiro atoms. The van der Waals surface area contributed by atoms with Gasteiger partial charge in [0.05, 0.1) is 17.5 Å². The van der Waals surface area contributed by atoms with Gasteiger partial charge in [-0.15, -0.1) is 4.73 Å². The van der Waals surface area contributed by atoms with Gasteiger partial charge in [-0.05, 0) is 30.2 Å². The molecule has 0 bridgehead atoms.